The van der Waals surface area contributed by atoms with Gasteiger partial charge in [-0.2, -0.15) is 0 Å². The minimum atomic E-state index is 0. The Hall–Kier alpha value is -1.49. The Balaban J connectivity index is 0.00000242. The van der Waals surface area contributed by atoms with Crippen molar-refractivity contribution in [1.82, 2.24) is 15.3 Å². The molecule has 4 nitrogen and oxygen atoms in total. The summed E-state index contributed by atoms with van der Waals surface area (Å²) in [6.45, 7) is 2.87. The van der Waals surface area contributed by atoms with Gasteiger partial charge in [-0.15, -0.1) is 12.4 Å². The molecule has 2 unspecified atom stereocenters. The quantitative estimate of drug-likeness (QED) is 0.785. The van der Waals surface area contributed by atoms with Crippen molar-refractivity contribution in [1.29, 1.82) is 0 Å². The van der Waals surface area contributed by atoms with Crippen LogP contribution in [0.25, 0.3) is 0 Å². The van der Waals surface area contributed by atoms with Crippen LogP contribution in [-0.2, 0) is 6.42 Å². The van der Waals surface area contributed by atoms with Crippen molar-refractivity contribution in [2.75, 3.05) is 6.54 Å². The van der Waals surface area contributed by atoms with E-state index in [0.29, 0.717) is 6.04 Å². The third kappa shape index (κ3) is 6.10. The Morgan fingerprint density at radius 1 is 1.09 bits per heavy atom. The number of aromatic nitrogens is 2. The van der Waals surface area contributed by atoms with Crippen LogP contribution in [0.1, 0.15) is 37.2 Å². The van der Waals surface area contributed by atoms with Gasteiger partial charge in [-0.05, 0) is 50.6 Å². The van der Waals surface area contributed by atoms with Gasteiger partial charge in [0.05, 0.1) is 5.69 Å². The van der Waals surface area contributed by atoms with E-state index in [1.54, 1.807) is 0 Å². The number of hydrogen-bond donors (Lipinski definition) is 2. The number of hydrogen-bond acceptors (Lipinski definition) is 4. The zero-order valence-corrected chi connectivity index (χ0v) is 13.8. The second-order valence-electron chi connectivity index (χ2n) is 5.30. The van der Waals surface area contributed by atoms with Gasteiger partial charge in [0.1, 0.15) is 0 Å². The molecule has 2 heterocycles. The molecule has 0 bridgehead atoms. The fourth-order valence-electron chi connectivity index (χ4n) is 2.45. The molecule has 2 atom stereocenters. The van der Waals surface area contributed by atoms with Gasteiger partial charge < -0.3 is 11.1 Å². The second-order valence-corrected chi connectivity index (χ2v) is 5.30. The number of pyridine rings is 2. The molecule has 22 heavy (non-hydrogen) atoms. The molecular formula is C17H25ClN4. The first kappa shape index (κ1) is 18.6. The smallest absolute Gasteiger partial charge is 0.0570 e. The van der Waals surface area contributed by atoms with E-state index in [2.05, 4.69) is 34.3 Å². The summed E-state index contributed by atoms with van der Waals surface area (Å²) < 4.78 is 0. The van der Waals surface area contributed by atoms with Crippen molar-refractivity contribution in [3.8, 4) is 0 Å². The van der Waals surface area contributed by atoms with Crippen molar-refractivity contribution in [2.45, 2.75) is 38.3 Å². The summed E-state index contributed by atoms with van der Waals surface area (Å²) in [5.74, 6) is 0. The molecule has 0 aliphatic rings. The molecule has 0 aliphatic carbocycles. The van der Waals surface area contributed by atoms with Crippen molar-refractivity contribution in [3.63, 3.8) is 0 Å². The van der Waals surface area contributed by atoms with Crippen LogP contribution >= 0.6 is 12.4 Å². The number of nitrogens with two attached hydrogens (primary N) is 1. The maximum atomic E-state index is 5.66. The zero-order valence-electron chi connectivity index (χ0n) is 13.0. The molecule has 0 fully saturated rings. The number of rotatable bonds is 8. The Bertz CT molecular complexity index is 507. The van der Waals surface area contributed by atoms with Crippen LogP contribution in [0.3, 0.4) is 0 Å². The second kappa shape index (κ2) is 10.3. The first-order valence-corrected chi connectivity index (χ1v) is 7.56. The molecule has 3 N–H and O–H groups in total. The molecule has 0 saturated carbocycles. The van der Waals surface area contributed by atoms with Crippen molar-refractivity contribution >= 4 is 12.4 Å². The Morgan fingerprint density at radius 2 is 1.82 bits per heavy atom. The van der Waals surface area contributed by atoms with Crippen molar-refractivity contribution < 1.29 is 0 Å². The standard InChI is InChI=1S/C17H24N4.ClH/c1-14(17-9-3-5-12-20-17)21-16(8-6-10-18)13-15-7-2-4-11-19-15;/h2-5,7,9,11-12,14,16,21H,6,8,10,13,18H2,1H3;1H. The molecule has 0 aliphatic heterocycles. The van der Waals surface area contributed by atoms with Crippen molar-refractivity contribution in [2.24, 2.45) is 5.73 Å². The summed E-state index contributed by atoms with van der Waals surface area (Å²) in [6, 6.07) is 12.6. The van der Waals surface area contributed by atoms with E-state index >= 15 is 0 Å². The van der Waals surface area contributed by atoms with Crippen LogP contribution in [0.5, 0.6) is 0 Å². The summed E-state index contributed by atoms with van der Waals surface area (Å²) in [5, 5.41) is 3.66. The highest BCUT2D eigenvalue weighted by atomic mass is 35.5. The van der Waals surface area contributed by atoms with Crippen LogP contribution in [-0.4, -0.2) is 22.6 Å². The van der Waals surface area contributed by atoms with Gasteiger partial charge >= 0.3 is 0 Å². The third-order valence-corrected chi connectivity index (χ3v) is 3.56. The summed E-state index contributed by atoms with van der Waals surface area (Å²) in [7, 11) is 0. The van der Waals surface area contributed by atoms with Gasteiger partial charge in [0.15, 0.2) is 0 Å². The molecule has 5 heteroatoms. The SMILES string of the molecule is CC(NC(CCCN)Cc1ccccn1)c1ccccn1.Cl. The van der Waals surface area contributed by atoms with E-state index in [9.17, 15) is 0 Å². The van der Waals surface area contributed by atoms with E-state index < -0.39 is 0 Å². The van der Waals surface area contributed by atoms with E-state index in [1.807, 2.05) is 36.7 Å². The first-order valence-electron chi connectivity index (χ1n) is 7.56. The maximum absolute atomic E-state index is 5.66. The molecule has 0 amide bonds. The van der Waals surface area contributed by atoms with Gasteiger partial charge in [0.2, 0.25) is 0 Å². The van der Waals surface area contributed by atoms with Crippen molar-refractivity contribution in [3.05, 3.63) is 60.2 Å². The predicted octanol–water partition coefficient (Wildman–Crippen LogP) is 2.90. The van der Waals surface area contributed by atoms with Crippen LogP contribution in [0.2, 0.25) is 0 Å². The van der Waals surface area contributed by atoms with Gasteiger partial charge in [0, 0.05) is 36.6 Å². The van der Waals surface area contributed by atoms with Gasteiger partial charge in [0.25, 0.3) is 0 Å². The average molecular weight is 321 g/mol. The minimum Gasteiger partial charge on any atom is -0.330 e. The lowest BCUT2D eigenvalue weighted by Crippen LogP contribution is -2.34. The number of halogens is 1. The molecule has 0 radical (unpaired) electrons. The molecule has 0 saturated heterocycles. The summed E-state index contributed by atoms with van der Waals surface area (Å²) in [5.41, 5.74) is 7.83. The maximum Gasteiger partial charge on any atom is 0.0570 e. The fourth-order valence-corrected chi connectivity index (χ4v) is 2.45. The minimum absolute atomic E-state index is 0. The topological polar surface area (TPSA) is 63.8 Å². The first-order chi connectivity index (χ1) is 10.3. The van der Waals surface area contributed by atoms with Crippen LogP contribution in [0.15, 0.2) is 48.8 Å². The number of nitrogens with zero attached hydrogens (tertiary/aromatic N) is 2. The largest absolute Gasteiger partial charge is 0.330 e. The Morgan fingerprint density at radius 3 is 2.41 bits per heavy atom. The van der Waals surface area contributed by atoms with E-state index in [4.69, 9.17) is 5.73 Å². The molecule has 2 rings (SSSR count). The predicted molar refractivity (Wildman–Crippen MR) is 93.1 cm³/mol. The lowest BCUT2D eigenvalue weighted by molar-refractivity contribution is 0.413. The highest BCUT2D eigenvalue weighted by Crippen LogP contribution is 2.13. The third-order valence-electron chi connectivity index (χ3n) is 3.56. The summed E-state index contributed by atoms with van der Waals surface area (Å²) in [6.07, 6.45) is 6.65. The normalized spacial score (nSPS) is 13.2. The molecular weight excluding hydrogens is 296 g/mol. The number of nitrogens with one attached hydrogen (secondary N) is 1. The molecule has 2 aromatic heterocycles. The van der Waals surface area contributed by atoms with Crippen LogP contribution in [0.4, 0.5) is 0 Å². The van der Waals surface area contributed by atoms with E-state index in [1.165, 1.54) is 0 Å². The summed E-state index contributed by atoms with van der Waals surface area (Å²) in [4.78, 5) is 8.84. The highest BCUT2D eigenvalue weighted by Gasteiger charge is 2.15. The lowest BCUT2D eigenvalue weighted by Gasteiger charge is -2.23. The van der Waals surface area contributed by atoms with E-state index in [-0.39, 0.29) is 18.4 Å². The Labute approximate surface area is 139 Å². The molecule has 120 valence electrons. The van der Waals surface area contributed by atoms with Gasteiger partial charge in [-0.3, -0.25) is 9.97 Å². The molecule has 0 spiro atoms. The van der Waals surface area contributed by atoms with E-state index in [0.717, 1.165) is 37.2 Å². The molecule has 0 aromatic carbocycles. The van der Waals surface area contributed by atoms with Gasteiger partial charge in [-0.1, -0.05) is 12.1 Å². The molecule has 2 aromatic rings. The van der Waals surface area contributed by atoms with Gasteiger partial charge in [-0.25, -0.2) is 0 Å². The fraction of sp³-hybridized carbons (Fsp3) is 0.412. The van der Waals surface area contributed by atoms with Crippen LogP contribution in [0, 0.1) is 0 Å². The Kier molecular flexibility index (Phi) is 8.67. The highest BCUT2D eigenvalue weighted by molar-refractivity contribution is 5.85. The monoisotopic (exact) mass is 320 g/mol. The van der Waals surface area contributed by atoms with Crippen LogP contribution < -0.4 is 11.1 Å². The lowest BCUT2D eigenvalue weighted by atomic mass is 10.0. The average Bonchev–Trinajstić information content (AvgIpc) is 2.54. The summed E-state index contributed by atoms with van der Waals surface area (Å²) >= 11 is 0. The zero-order chi connectivity index (χ0) is 14.9.